The van der Waals surface area contributed by atoms with Crippen molar-refractivity contribution in [2.75, 3.05) is 26.0 Å². The number of amides is 2. The van der Waals surface area contributed by atoms with Crippen molar-refractivity contribution < 1.29 is 18.0 Å². The fraction of sp³-hybridized carbons (Fsp3) is 0.500. The molecule has 0 radical (unpaired) electrons. The number of carbonyl (C=O) groups excluding carboxylic acids is 2. The Kier molecular flexibility index (Phi) is 4.35. The predicted molar refractivity (Wildman–Crippen MR) is 88.8 cm³/mol. The Bertz CT molecular complexity index is 754. The van der Waals surface area contributed by atoms with Gasteiger partial charge in [-0.05, 0) is 37.1 Å². The van der Waals surface area contributed by atoms with Crippen LogP contribution in [0.25, 0.3) is 0 Å². The number of carbonyl (C=O) groups is 2. The van der Waals surface area contributed by atoms with Crippen LogP contribution in [0, 0.1) is 5.92 Å². The minimum Gasteiger partial charge on any atom is -0.339 e. The molecular weight excluding hydrogens is 330 g/mol. The molecule has 1 N–H and O–H groups in total. The monoisotopic (exact) mass is 351 g/mol. The Labute approximate surface area is 141 Å². The number of benzene rings is 1. The van der Waals surface area contributed by atoms with Gasteiger partial charge in [0.15, 0.2) is 0 Å². The van der Waals surface area contributed by atoms with Crippen LogP contribution in [0.3, 0.4) is 0 Å². The molecule has 2 amide bonds. The van der Waals surface area contributed by atoms with E-state index in [9.17, 15) is 18.0 Å². The summed E-state index contributed by atoms with van der Waals surface area (Å²) in [4.78, 5) is 26.2. The van der Waals surface area contributed by atoms with E-state index in [-0.39, 0.29) is 29.0 Å². The van der Waals surface area contributed by atoms with E-state index in [0.717, 1.165) is 17.1 Å². The molecule has 1 saturated heterocycles. The minimum absolute atomic E-state index is 0.0464. The van der Waals surface area contributed by atoms with Gasteiger partial charge < -0.3 is 10.2 Å². The van der Waals surface area contributed by atoms with Crippen LogP contribution >= 0.6 is 0 Å². The lowest BCUT2D eigenvalue weighted by molar-refractivity contribution is -0.128. The van der Waals surface area contributed by atoms with Crippen LogP contribution in [-0.4, -0.2) is 56.1 Å². The van der Waals surface area contributed by atoms with E-state index in [1.54, 1.807) is 17.0 Å². The maximum absolute atomic E-state index is 12.3. The van der Waals surface area contributed by atoms with Crippen molar-refractivity contribution in [1.82, 2.24) is 9.21 Å². The van der Waals surface area contributed by atoms with Gasteiger partial charge in [-0.25, -0.2) is 12.7 Å². The third-order valence-corrected chi connectivity index (χ3v) is 6.25. The highest BCUT2D eigenvalue weighted by atomic mass is 32.2. The van der Waals surface area contributed by atoms with Gasteiger partial charge in [0.1, 0.15) is 0 Å². The Morgan fingerprint density at radius 3 is 2.38 bits per heavy atom. The van der Waals surface area contributed by atoms with E-state index in [4.69, 9.17) is 0 Å². The molecule has 1 aliphatic carbocycles. The zero-order valence-corrected chi connectivity index (χ0v) is 14.5. The first-order valence-electron chi connectivity index (χ1n) is 7.92. The molecule has 2 fully saturated rings. The van der Waals surface area contributed by atoms with Crippen molar-refractivity contribution in [1.29, 1.82) is 0 Å². The highest BCUT2D eigenvalue weighted by Gasteiger charge is 2.41. The van der Waals surface area contributed by atoms with E-state index < -0.39 is 10.0 Å². The molecule has 0 aromatic heterocycles. The first-order chi connectivity index (χ1) is 11.3. The molecule has 1 atom stereocenters. The summed E-state index contributed by atoms with van der Waals surface area (Å²) >= 11 is 0. The third kappa shape index (κ3) is 3.29. The topological polar surface area (TPSA) is 86.8 Å². The van der Waals surface area contributed by atoms with E-state index in [0.29, 0.717) is 18.3 Å². The van der Waals surface area contributed by atoms with Gasteiger partial charge in [-0.1, -0.05) is 0 Å². The normalized spacial score (nSPS) is 21.4. The van der Waals surface area contributed by atoms with Crippen LogP contribution in [-0.2, 0) is 19.6 Å². The standard InChI is InChI=1S/C16H21N3O4S/c1-18(2)24(22,23)14-7-3-12(4-8-14)17-16(21)11-9-15(20)19(10-11)13-5-6-13/h3-4,7-8,11,13H,5-6,9-10H2,1-2H3,(H,17,21)/t11-/m1/s1. The zero-order chi connectivity index (χ0) is 17.5. The van der Waals surface area contributed by atoms with E-state index in [1.165, 1.54) is 26.2 Å². The van der Waals surface area contributed by atoms with E-state index >= 15 is 0 Å². The second kappa shape index (κ2) is 6.18. The molecular formula is C16H21N3O4S. The molecule has 1 aromatic carbocycles. The maximum atomic E-state index is 12.3. The highest BCUT2D eigenvalue weighted by molar-refractivity contribution is 7.89. The summed E-state index contributed by atoms with van der Waals surface area (Å²) in [5.74, 6) is -0.497. The Hall–Kier alpha value is -1.93. The van der Waals surface area contributed by atoms with Crippen molar-refractivity contribution in [2.24, 2.45) is 5.92 Å². The lowest BCUT2D eigenvalue weighted by atomic mass is 10.1. The molecule has 7 nitrogen and oxygen atoms in total. The van der Waals surface area contributed by atoms with Gasteiger partial charge in [0.05, 0.1) is 10.8 Å². The molecule has 8 heteroatoms. The van der Waals surface area contributed by atoms with Gasteiger partial charge in [-0.15, -0.1) is 0 Å². The van der Waals surface area contributed by atoms with Crippen LogP contribution in [0.2, 0.25) is 0 Å². The van der Waals surface area contributed by atoms with Crippen molar-refractivity contribution in [2.45, 2.75) is 30.2 Å². The number of nitrogens with one attached hydrogen (secondary N) is 1. The van der Waals surface area contributed by atoms with Gasteiger partial charge in [0, 0.05) is 38.8 Å². The number of hydrogen-bond acceptors (Lipinski definition) is 4. The average Bonchev–Trinajstić information content (AvgIpc) is 3.30. The molecule has 0 unspecified atom stereocenters. The van der Waals surface area contributed by atoms with Crippen LogP contribution < -0.4 is 5.32 Å². The SMILES string of the molecule is CN(C)S(=O)(=O)c1ccc(NC(=O)[C@@H]2CC(=O)N(C3CC3)C2)cc1. The van der Waals surface area contributed by atoms with Crippen LogP contribution in [0.4, 0.5) is 5.69 Å². The Morgan fingerprint density at radius 2 is 1.83 bits per heavy atom. The lowest BCUT2D eigenvalue weighted by Crippen LogP contribution is -2.29. The van der Waals surface area contributed by atoms with Gasteiger partial charge in [0.2, 0.25) is 21.8 Å². The Morgan fingerprint density at radius 1 is 1.21 bits per heavy atom. The number of rotatable bonds is 5. The molecule has 0 bridgehead atoms. The molecule has 2 aliphatic rings. The smallest absolute Gasteiger partial charge is 0.242 e. The summed E-state index contributed by atoms with van der Waals surface area (Å²) in [6, 6.07) is 6.36. The quantitative estimate of drug-likeness (QED) is 0.853. The summed E-state index contributed by atoms with van der Waals surface area (Å²) in [6.45, 7) is 0.475. The number of hydrogen-bond donors (Lipinski definition) is 1. The van der Waals surface area contributed by atoms with Crippen molar-refractivity contribution in [3.63, 3.8) is 0 Å². The molecule has 130 valence electrons. The molecule has 1 saturated carbocycles. The van der Waals surface area contributed by atoms with Crippen LogP contribution in [0.15, 0.2) is 29.2 Å². The third-order valence-electron chi connectivity index (χ3n) is 4.42. The largest absolute Gasteiger partial charge is 0.339 e. The van der Waals surface area contributed by atoms with Crippen LogP contribution in [0.1, 0.15) is 19.3 Å². The van der Waals surface area contributed by atoms with Gasteiger partial charge in [-0.3, -0.25) is 9.59 Å². The predicted octanol–water partition coefficient (Wildman–Crippen LogP) is 0.886. The number of likely N-dealkylation sites (tertiary alicyclic amines) is 1. The highest BCUT2D eigenvalue weighted by Crippen LogP contribution is 2.33. The number of sulfonamides is 1. The molecule has 3 rings (SSSR count). The average molecular weight is 351 g/mol. The fourth-order valence-corrected chi connectivity index (χ4v) is 3.71. The maximum Gasteiger partial charge on any atom is 0.242 e. The lowest BCUT2D eigenvalue weighted by Gasteiger charge is -2.15. The van der Waals surface area contributed by atoms with Gasteiger partial charge >= 0.3 is 0 Å². The Balaban J connectivity index is 1.64. The molecule has 1 heterocycles. The summed E-state index contributed by atoms with van der Waals surface area (Å²) in [7, 11) is -0.554. The summed E-state index contributed by atoms with van der Waals surface area (Å²) in [5.41, 5.74) is 0.523. The van der Waals surface area contributed by atoms with E-state index in [1.807, 2.05) is 0 Å². The summed E-state index contributed by atoms with van der Waals surface area (Å²) in [5, 5.41) is 2.77. The second-order valence-corrected chi connectivity index (χ2v) is 8.63. The van der Waals surface area contributed by atoms with Crippen molar-refractivity contribution >= 4 is 27.5 Å². The number of nitrogens with zero attached hydrogens (tertiary/aromatic N) is 2. The van der Waals surface area contributed by atoms with Crippen LogP contribution in [0.5, 0.6) is 0 Å². The van der Waals surface area contributed by atoms with Crippen molar-refractivity contribution in [3.8, 4) is 0 Å². The second-order valence-electron chi connectivity index (χ2n) is 6.48. The van der Waals surface area contributed by atoms with Gasteiger partial charge in [0.25, 0.3) is 0 Å². The summed E-state index contributed by atoms with van der Waals surface area (Å²) < 4.78 is 25.2. The van der Waals surface area contributed by atoms with Gasteiger partial charge in [-0.2, -0.15) is 0 Å². The number of anilines is 1. The first kappa shape index (κ1) is 16.9. The molecule has 1 aromatic rings. The molecule has 24 heavy (non-hydrogen) atoms. The molecule has 1 aliphatic heterocycles. The van der Waals surface area contributed by atoms with Crippen molar-refractivity contribution in [3.05, 3.63) is 24.3 Å². The van der Waals surface area contributed by atoms with E-state index in [2.05, 4.69) is 5.32 Å². The summed E-state index contributed by atoms with van der Waals surface area (Å²) in [6.07, 6.45) is 2.30. The first-order valence-corrected chi connectivity index (χ1v) is 9.36. The molecule has 0 spiro atoms. The minimum atomic E-state index is -3.49. The zero-order valence-electron chi connectivity index (χ0n) is 13.7. The fourth-order valence-electron chi connectivity index (χ4n) is 2.81.